The lowest BCUT2D eigenvalue weighted by molar-refractivity contribution is -0.121. The molecule has 1 fully saturated rings. The van der Waals surface area contributed by atoms with Crippen molar-refractivity contribution in [1.29, 1.82) is 0 Å². The highest BCUT2D eigenvalue weighted by Gasteiger charge is 2.27. The van der Waals surface area contributed by atoms with Crippen LogP contribution in [0.25, 0.3) is 0 Å². The van der Waals surface area contributed by atoms with E-state index in [1.54, 1.807) is 12.1 Å². The molecule has 0 unspecified atom stereocenters. The van der Waals surface area contributed by atoms with Gasteiger partial charge in [0.05, 0.1) is 16.6 Å². The van der Waals surface area contributed by atoms with Gasteiger partial charge in [0.15, 0.2) is 0 Å². The molecule has 24 heavy (non-hydrogen) atoms. The third-order valence-corrected chi connectivity index (χ3v) is 6.71. The first-order chi connectivity index (χ1) is 11.3. The van der Waals surface area contributed by atoms with Crippen LogP contribution >= 0.6 is 15.9 Å². The highest BCUT2D eigenvalue weighted by Crippen LogP contribution is 2.18. The topological polar surface area (TPSA) is 66.5 Å². The van der Waals surface area contributed by atoms with Crippen molar-refractivity contribution in [2.24, 2.45) is 0 Å². The van der Waals surface area contributed by atoms with Crippen LogP contribution in [0.15, 0.2) is 22.7 Å². The van der Waals surface area contributed by atoms with Crippen molar-refractivity contribution in [2.75, 3.05) is 18.8 Å². The van der Waals surface area contributed by atoms with Crippen LogP contribution < -0.4 is 5.32 Å². The number of rotatable bonds is 6. The Bertz CT molecular complexity index is 689. The van der Waals surface area contributed by atoms with Crippen LogP contribution in [0, 0.1) is 5.82 Å². The molecule has 1 aromatic carbocycles. The fourth-order valence-corrected chi connectivity index (χ4v) is 4.75. The molecule has 1 saturated heterocycles. The van der Waals surface area contributed by atoms with Crippen LogP contribution in [0.4, 0.5) is 4.39 Å². The summed E-state index contributed by atoms with van der Waals surface area (Å²) in [6.07, 6.45) is 2.00. The number of piperidine rings is 1. The maximum absolute atomic E-state index is 13.2. The summed E-state index contributed by atoms with van der Waals surface area (Å²) in [7, 11) is -3.16. The summed E-state index contributed by atoms with van der Waals surface area (Å²) in [5, 5.41) is 2.94. The van der Waals surface area contributed by atoms with Gasteiger partial charge in [-0.1, -0.05) is 13.0 Å². The maximum Gasteiger partial charge on any atom is 0.224 e. The van der Waals surface area contributed by atoms with Gasteiger partial charge in [-0.05, 0) is 52.9 Å². The average Bonchev–Trinajstić information content (AvgIpc) is 2.51. The molecule has 134 valence electrons. The van der Waals surface area contributed by atoms with E-state index >= 15 is 0 Å². The largest absolute Gasteiger partial charge is 0.353 e. The number of sulfonamides is 1. The minimum absolute atomic E-state index is 0.0190. The number of benzene rings is 1. The summed E-state index contributed by atoms with van der Waals surface area (Å²) in [5.41, 5.74) is 0.726. The Hall–Kier alpha value is -0.990. The Labute approximate surface area is 150 Å². The minimum atomic E-state index is -3.16. The van der Waals surface area contributed by atoms with E-state index in [1.807, 2.05) is 6.92 Å². The van der Waals surface area contributed by atoms with Crippen molar-refractivity contribution >= 4 is 31.9 Å². The summed E-state index contributed by atoms with van der Waals surface area (Å²) >= 11 is 3.10. The zero-order valence-corrected chi connectivity index (χ0v) is 16.0. The molecule has 1 aromatic rings. The molecule has 0 aromatic heterocycles. The van der Waals surface area contributed by atoms with Crippen LogP contribution in [-0.2, 0) is 21.2 Å². The average molecular weight is 421 g/mol. The van der Waals surface area contributed by atoms with E-state index in [0.717, 1.165) is 5.56 Å². The predicted octanol–water partition coefficient (Wildman–Crippen LogP) is 2.45. The van der Waals surface area contributed by atoms with Crippen LogP contribution in [-0.4, -0.2) is 43.5 Å². The number of hydrogen-bond donors (Lipinski definition) is 1. The van der Waals surface area contributed by atoms with Gasteiger partial charge in [-0.3, -0.25) is 4.79 Å². The Morgan fingerprint density at radius 2 is 2.04 bits per heavy atom. The molecule has 0 saturated carbocycles. The number of hydrogen-bond acceptors (Lipinski definition) is 3. The first-order valence-electron chi connectivity index (χ1n) is 8.03. The van der Waals surface area contributed by atoms with Crippen LogP contribution in [0.3, 0.4) is 0 Å². The SMILES string of the molecule is CCCS(=O)(=O)N1CCC(NC(=O)Cc2ccc(F)c(Br)c2)CC1. The van der Waals surface area contributed by atoms with E-state index < -0.39 is 10.0 Å². The van der Waals surface area contributed by atoms with Crippen LogP contribution in [0.5, 0.6) is 0 Å². The quantitative estimate of drug-likeness (QED) is 0.768. The maximum atomic E-state index is 13.2. The molecule has 2 rings (SSSR count). The molecule has 1 N–H and O–H groups in total. The van der Waals surface area contributed by atoms with Crippen LogP contribution in [0.2, 0.25) is 0 Å². The second kappa shape index (κ2) is 8.40. The van der Waals surface area contributed by atoms with Gasteiger partial charge in [-0.2, -0.15) is 0 Å². The van der Waals surface area contributed by atoms with Gasteiger partial charge < -0.3 is 5.32 Å². The second-order valence-corrected chi connectivity index (χ2v) is 8.92. The molecule has 1 amide bonds. The highest BCUT2D eigenvalue weighted by atomic mass is 79.9. The summed E-state index contributed by atoms with van der Waals surface area (Å²) in [6.45, 7) is 2.73. The van der Waals surface area contributed by atoms with Crippen LogP contribution in [0.1, 0.15) is 31.7 Å². The highest BCUT2D eigenvalue weighted by molar-refractivity contribution is 9.10. The van der Waals surface area contributed by atoms with Gasteiger partial charge in [-0.15, -0.1) is 0 Å². The molecule has 5 nitrogen and oxygen atoms in total. The molecule has 1 heterocycles. The smallest absolute Gasteiger partial charge is 0.224 e. The van der Waals surface area contributed by atoms with Gasteiger partial charge in [0, 0.05) is 19.1 Å². The van der Waals surface area contributed by atoms with Gasteiger partial charge in [0.2, 0.25) is 15.9 Å². The summed E-state index contributed by atoms with van der Waals surface area (Å²) < 4.78 is 39.1. The number of nitrogens with one attached hydrogen (secondary N) is 1. The fourth-order valence-electron chi connectivity index (χ4n) is 2.78. The standard InChI is InChI=1S/C16H22BrFN2O3S/c1-2-9-24(22,23)20-7-5-13(6-8-20)19-16(21)11-12-3-4-15(18)14(17)10-12/h3-4,10,13H,2,5-9,11H2,1H3,(H,19,21). The zero-order valence-electron chi connectivity index (χ0n) is 13.6. The molecule has 0 atom stereocenters. The Morgan fingerprint density at radius 3 is 2.62 bits per heavy atom. The molecule has 0 aliphatic carbocycles. The Kier molecular flexibility index (Phi) is 6.77. The van der Waals surface area contributed by atoms with Crippen molar-refractivity contribution < 1.29 is 17.6 Å². The summed E-state index contributed by atoms with van der Waals surface area (Å²) in [5.74, 6) is -0.327. The monoisotopic (exact) mass is 420 g/mol. The lowest BCUT2D eigenvalue weighted by Gasteiger charge is -2.31. The van der Waals surface area contributed by atoms with E-state index in [0.29, 0.717) is 36.8 Å². The summed E-state index contributed by atoms with van der Waals surface area (Å²) in [6, 6.07) is 4.48. The number of carbonyl (C=O) groups is 1. The van der Waals surface area contributed by atoms with E-state index in [2.05, 4.69) is 21.2 Å². The molecule has 1 aliphatic rings. The van der Waals surface area contributed by atoms with Gasteiger partial charge >= 0.3 is 0 Å². The van der Waals surface area contributed by atoms with E-state index in [4.69, 9.17) is 0 Å². The van der Waals surface area contributed by atoms with Crippen molar-refractivity contribution in [3.05, 3.63) is 34.1 Å². The first kappa shape index (κ1) is 19.3. The molecule has 0 spiro atoms. The number of halogens is 2. The molecule has 0 bridgehead atoms. The van der Waals surface area contributed by atoms with E-state index in [1.165, 1.54) is 10.4 Å². The van der Waals surface area contributed by atoms with Crippen molar-refractivity contribution in [3.8, 4) is 0 Å². The van der Waals surface area contributed by atoms with Crippen molar-refractivity contribution in [2.45, 2.75) is 38.6 Å². The minimum Gasteiger partial charge on any atom is -0.353 e. The number of nitrogens with zero attached hydrogens (tertiary/aromatic N) is 1. The summed E-state index contributed by atoms with van der Waals surface area (Å²) in [4.78, 5) is 12.1. The normalized spacial score (nSPS) is 17.0. The van der Waals surface area contributed by atoms with E-state index in [9.17, 15) is 17.6 Å². The zero-order chi connectivity index (χ0) is 17.7. The number of amides is 1. The first-order valence-corrected chi connectivity index (χ1v) is 10.4. The third-order valence-electron chi connectivity index (χ3n) is 4.02. The predicted molar refractivity (Wildman–Crippen MR) is 94.6 cm³/mol. The molecule has 0 radical (unpaired) electrons. The second-order valence-electron chi connectivity index (χ2n) is 5.98. The third kappa shape index (κ3) is 5.26. The fraction of sp³-hybridized carbons (Fsp3) is 0.562. The number of carbonyl (C=O) groups excluding carboxylic acids is 1. The lowest BCUT2D eigenvalue weighted by Crippen LogP contribution is -2.47. The van der Waals surface area contributed by atoms with Gasteiger partial charge in [0.25, 0.3) is 0 Å². The van der Waals surface area contributed by atoms with Gasteiger partial charge in [0.1, 0.15) is 5.82 Å². The van der Waals surface area contributed by atoms with Crippen molar-refractivity contribution in [3.63, 3.8) is 0 Å². The molecular weight excluding hydrogens is 399 g/mol. The van der Waals surface area contributed by atoms with Gasteiger partial charge in [-0.25, -0.2) is 17.1 Å². The van der Waals surface area contributed by atoms with E-state index in [-0.39, 0.29) is 29.9 Å². The molecule has 1 aliphatic heterocycles. The Morgan fingerprint density at radius 1 is 1.38 bits per heavy atom. The molecular formula is C16H22BrFN2O3S. The Balaban J connectivity index is 1.83. The van der Waals surface area contributed by atoms with Crippen molar-refractivity contribution in [1.82, 2.24) is 9.62 Å². The molecule has 8 heteroatoms. The lowest BCUT2D eigenvalue weighted by atomic mass is 10.1.